The van der Waals surface area contributed by atoms with E-state index in [0.29, 0.717) is 12.1 Å². The summed E-state index contributed by atoms with van der Waals surface area (Å²) in [6.07, 6.45) is 4.27. The topological polar surface area (TPSA) is 21.3 Å². The summed E-state index contributed by atoms with van der Waals surface area (Å²) in [5.74, 6) is 0.856. The molecule has 1 unspecified atom stereocenters. The third-order valence-corrected chi connectivity index (χ3v) is 2.84. The first-order valence-corrected chi connectivity index (χ1v) is 4.51. The molecule has 66 valence electrons. The van der Waals surface area contributed by atoms with E-state index >= 15 is 0 Å². The molecule has 0 aromatic rings. The Kier molecular flexibility index (Phi) is 3.34. The van der Waals surface area contributed by atoms with Crippen LogP contribution in [-0.4, -0.2) is 26.3 Å². The molecule has 0 bridgehead atoms. The van der Waals surface area contributed by atoms with Crippen molar-refractivity contribution in [2.24, 2.45) is 5.92 Å². The molecule has 2 heteroatoms. The second-order valence-electron chi connectivity index (χ2n) is 3.39. The fourth-order valence-corrected chi connectivity index (χ4v) is 1.90. The Morgan fingerprint density at radius 1 is 1.55 bits per heavy atom. The van der Waals surface area contributed by atoms with Gasteiger partial charge in [0, 0.05) is 13.2 Å². The predicted octanol–water partition coefficient (Wildman–Crippen LogP) is 1.41. The SMILES string of the molecule is CCC(NC)C1CC(OC)C1. The first-order chi connectivity index (χ1) is 5.31. The molecule has 0 aromatic heterocycles. The van der Waals surface area contributed by atoms with Gasteiger partial charge < -0.3 is 10.1 Å². The van der Waals surface area contributed by atoms with Crippen molar-refractivity contribution >= 4 is 0 Å². The Labute approximate surface area is 69.3 Å². The lowest BCUT2D eigenvalue weighted by molar-refractivity contribution is -0.0116. The number of hydrogen-bond donors (Lipinski definition) is 1. The zero-order chi connectivity index (χ0) is 8.27. The van der Waals surface area contributed by atoms with Crippen molar-refractivity contribution in [3.8, 4) is 0 Å². The van der Waals surface area contributed by atoms with Crippen LogP contribution in [0.5, 0.6) is 0 Å². The van der Waals surface area contributed by atoms with Gasteiger partial charge in [-0.3, -0.25) is 0 Å². The number of methoxy groups -OCH3 is 1. The van der Waals surface area contributed by atoms with Crippen LogP contribution >= 0.6 is 0 Å². The lowest BCUT2D eigenvalue weighted by Gasteiger charge is -2.39. The molecule has 0 aromatic carbocycles. The van der Waals surface area contributed by atoms with Crippen molar-refractivity contribution in [3.05, 3.63) is 0 Å². The smallest absolute Gasteiger partial charge is 0.0577 e. The highest BCUT2D eigenvalue weighted by molar-refractivity contribution is 4.87. The van der Waals surface area contributed by atoms with Crippen LogP contribution in [0.4, 0.5) is 0 Å². The van der Waals surface area contributed by atoms with Gasteiger partial charge in [-0.25, -0.2) is 0 Å². The Hall–Kier alpha value is -0.0800. The van der Waals surface area contributed by atoms with Crippen LogP contribution in [0.25, 0.3) is 0 Å². The van der Waals surface area contributed by atoms with E-state index in [1.807, 2.05) is 7.05 Å². The van der Waals surface area contributed by atoms with E-state index in [2.05, 4.69) is 12.2 Å². The van der Waals surface area contributed by atoms with Gasteiger partial charge >= 0.3 is 0 Å². The van der Waals surface area contributed by atoms with Gasteiger partial charge in [0.25, 0.3) is 0 Å². The molecule has 0 spiro atoms. The molecule has 1 fully saturated rings. The fourth-order valence-electron chi connectivity index (χ4n) is 1.90. The summed E-state index contributed by atoms with van der Waals surface area (Å²) in [5.41, 5.74) is 0. The maximum Gasteiger partial charge on any atom is 0.0577 e. The minimum atomic E-state index is 0.544. The normalized spacial score (nSPS) is 33.0. The van der Waals surface area contributed by atoms with Gasteiger partial charge in [-0.05, 0) is 32.2 Å². The molecule has 1 aliphatic carbocycles. The molecule has 0 amide bonds. The summed E-state index contributed by atoms with van der Waals surface area (Å²) in [4.78, 5) is 0. The quantitative estimate of drug-likeness (QED) is 0.666. The van der Waals surface area contributed by atoms with Crippen LogP contribution in [-0.2, 0) is 4.74 Å². The number of rotatable bonds is 4. The first kappa shape index (κ1) is 9.01. The van der Waals surface area contributed by atoms with Crippen LogP contribution in [0.3, 0.4) is 0 Å². The third-order valence-electron chi connectivity index (χ3n) is 2.84. The number of hydrogen-bond acceptors (Lipinski definition) is 2. The second kappa shape index (κ2) is 4.07. The predicted molar refractivity (Wildman–Crippen MR) is 46.7 cm³/mol. The van der Waals surface area contributed by atoms with E-state index < -0.39 is 0 Å². The van der Waals surface area contributed by atoms with Crippen LogP contribution in [0.1, 0.15) is 26.2 Å². The molecule has 11 heavy (non-hydrogen) atoms. The zero-order valence-corrected chi connectivity index (χ0v) is 7.76. The summed E-state index contributed by atoms with van der Waals surface area (Å²) in [5, 5.41) is 3.34. The maximum atomic E-state index is 5.23. The third kappa shape index (κ3) is 1.94. The van der Waals surface area contributed by atoms with E-state index in [9.17, 15) is 0 Å². The number of ether oxygens (including phenoxy) is 1. The Balaban J connectivity index is 2.19. The van der Waals surface area contributed by atoms with E-state index in [-0.39, 0.29) is 0 Å². The van der Waals surface area contributed by atoms with Gasteiger partial charge in [0.2, 0.25) is 0 Å². The Morgan fingerprint density at radius 3 is 2.55 bits per heavy atom. The Bertz CT molecular complexity index is 106. The molecule has 1 rings (SSSR count). The van der Waals surface area contributed by atoms with E-state index in [1.165, 1.54) is 19.3 Å². The van der Waals surface area contributed by atoms with Gasteiger partial charge in [0.15, 0.2) is 0 Å². The summed E-state index contributed by atoms with van der Waals surface area (Å²) in [6.45, 7) is 2.24. The molecule has 0 radical (unpaired) electrons. The molecule has 2 nitrogen and oxygen atoms in total. The second-order valence-corrected chi connectivity index (χ2v) is 3.39. The highest BCUT2D eigenvalue weighted by Gasteiger charge is 2.33. The molecule has 1 aliphatic rings. The molecule has 1 saturated carbocycles. The highest BCUT2D eigenvalue weighted by atomic mass is 16.5. The molecule has 0 saturated heterocycles. The van der Waals surface area contributed by atoms with Gasteiger partial charge in [0.1, 0.15) is 0 Å². The van der Waals surface area contributed by atoms with Crippen LogP contribution in [0.15, 0.2) is 0 Å². The fraction of sp³-hybridized carbons (Fsp3) is 1.00. The number of nitrogens with one attached hydrogen (secondary N) is 1. The van der Waals surface area contributed by atoms with E-state index in [4.69, 9.17) is 4.74 Å². The van der Waals surface area contributed by atoms with Gasteiger partial charge in [-0.1, -0.05) is 6.92 Å². The molecule has 1 N–H and O–H groups in total. The van der Waals surface area contributed by atoms with Crippen LogP contribution < -0.4 is 5.32 Å². The van der Waals surface area contributed by atoms with Gasteiger partial charge in [-0.2, -0.15) is 0 Å². The molecular weight excluding hydrogens is 138 g/mol. The van der Waals surface area contributed by atoms with Gasteiger partial charge in [-0.15, -0.1) is 0 Å². The largest absolute Gasteiger partial charge is 0.381 e. The van der Waals surface area contributed by atoms with Crippen molar-refractivity contribution in [1.29, 1.82) is 0 Å². The van der Waals surface area contributed by atoms with E-state index in [1.54, 1.807) is 7.11 Å². The average molecular weight is 157 g/mol. The molecule has 1 atom stereocenters. The summed E-state index contributed by atoms with van der Waals surface area (Å²) < 4.78 is 5.23. The summed E-state index contributed by atoms with van der Waals surface area (Å²) in [6, 6.07) is 0.710. The summed E-state index contributed by atoms with van der Waals surface area (Å²) >= 11 is 0. The lowest BCUT2D eigenvalue weighted by atomic mass is 9.76. The monoisotopic (exact) mass is 157 g/mol. The highest BCUT2D eigenvalue weighted by Crippen LogP contribution is 2.33. The lowest BCUT2D eigenvalue weighted by Crippen LogP contribution is -2.43. The average Bonchev–Trinajstić information content (AvgIpc) is 1.95. The first-order valence-electron chi connectivity index (χ1n) is 4.51. The molecular formula is C9H19NO. The molecule has 0 heterocycles. The van der Waals surface area contributed by atoms with Crippen molar-refractivity contribution in [2.75, 3.05) is 14.2 Å². The minimum absolute atomic E-state index is 0.544. The Morgan fingerprint density at radius 2 is 2.18 bits per heavy atom. The zero-order valence-electron chi connectivity index (χ0n) is 7.76. The minimum Gasteiger partial charge on any atom is -0.381 e. The van der Waals surface area contributed by atoms with Crippen molar-refractivity contribution in [1.82, 2.24) is 5.32 Å². The maximum absolute atomic E-state index is 5.23. The van der Waals surface area contributed by atoms with Crippen LogP contribution in [0.2, 0.25) is 0 Å². The van der Waals surface area contributed by atoms with Crippen LogP contribution in [0, 0.1) is 5.92 Å². The van der Waals surface area contributed by atoms with Crippen molar-refractivity contribution in [3.63, 3.8) is 0 Å². The van der Waals surface area contributed by atoms with Gasteiger partial charge in [0.05, 0.1) is 6.10 Å². The summed E-state index contributed by atoms with van der Waals surface area (Å²) in [7, 11) is 3.86. The molecule has 0 aliphatic heterocycles. The van der Waals surface area contributed by atoms with Crippen molar-refractivity contribution < 1.29 is 4.74 Å². The van der Waals surface area contributed by atoms with E-state index in [0.717, 1.165) is 5.92 Å². The standard InChI is InChI=1S/C9H19NO/c1-4-9(10-2)7-5-8(6-7)11-3/h7-10H,4-6H2,1-3H3. The van der Waals surface area contributed by atoms with Crippen molar-refractivity contribution in [2.45, 2.75) is 38.3 Å².